The minimum Gasteiger partial charge on any atom is -0.465 e. The number of fused-ring (bicyclic) bond motifs is 3. The molecule has 1 aliphatic carbocycles. The van der Waals surface area contributed by atoms with Gasteiger partial charge in [0.05, 0.1) is 28.0 Å². The minimum absolute atomic E-state index is 0.0516. The molecular formula is C26H27N5O3S. The summed E-state index contributed by atoms with van der Waals surface area (Å²) in [6, 6.07) is 13.4. The predicted molar refractivity (Wildman–Crippen MR) is 134 cm³/mol. The lowest BCUT2D eigenvalue weighted by Gasteiger charge is -2.42. The number of carboxylic acid groups (broad SMARTS) is 1. The van der Waals surface area contributed by atoms with E-state index in [2.05, 4.69) is 15.6 Å². The summed E-state index contributed by atoms with van der Waals surface area (Å²) in [6.45, 7) is 1.97. The van der Waals surface area contributed by atoms with Gasteiger partial charge in [-0.3, -0.25) is 4.98 Å². The van der Waals surface area contributed by atoms with Gasteiger partial charge in [-0.05, 0) is 49.1 Å². The first kappa shape index (κ1) is 23.3. The van der Waals surface area contributed by atoms with Crippen molar-refractivity contribution in [3.63, 3.8) is 0 Å². The fraction of sp³-hybridized carbons (Fsp3) is 0.385. The van der Waals surface area contributed by atoms with Gasteiger partial charge in [0.2, 0.25) is 0 Å². The molecule has 8 nitrogen and oxygen atoms in total. The highest BCUT2D eigenvalue weighted by molar-refractivity contribution is 7.18. The van der Waals surface area contributed by atoms with Crippen LogP contribution in [-0.4, -0.2) is 41.8 Å². The third-order valence-electron chi connectivity index (χ3n) is 7.01. The lowest BCUT2D eigenvalue weighted by Crippen LogP contribution is -2.47. The van der Waals surface area contributed by atoms with Gasteiger partial charge in [-0.25, -0.2) is 9.78 Å². The summed E-state index contributed by atoms with van der Waals surface area (Å²) < 4.78 is 3.12. The summed E-state index contributed by atoms with van der Waals surface area (Å²) in [5.41, 5.74) is 3.46. The molecule has 9 heteroatoms. The average Bonchev–Trinajstić information content (AvgIpc) is 3.48. The normalized spacial score (nSPS) is 21.1. The van der Waals surface area contributed by atoms with Gasteiger partial charge >= 0.3 is 6.09 Å². The number of amides is 1. The van der Waals surface area contributed by atoms with Crippen LogP contribution in [0, 0.1) is 17.2 Å². The molecule has 180 valence electrons. The van der Waals surface area contributed by atoms with E-state index in [0.717, 1.165) is 39.7 Å². The quantitative estimate of drug-likeness (QED) is 0.369. The lowest BCUT2D eigenvalue weighted by molar-refractivity contribution is 0.0668. The number of hydrogen-bond donors (Lipinski definition) is 2. The van der Waals surface area contributed by atoms with Crippen molar-refractivity contribution in [3.05, 3.63) is 59.4 Å². The fourth-order valence-corrected chi connectivity index (χ4v) is 6.32. The second-order valence-electron chi connectivity index (χ2n) is 9.20. The maximum Gasteiger partial charge on any atom is 0.407 e. The third kappa shape index (κ3) is 4.35. The van der Waals surface area contributed by atoms with Crippen LogP contribution in [0.1, 0.15) is 56.1 Å². The monoisotopic (exact) mass is 489 g/mol. The van der Waals surface area contributed by atoms with Crippen molar-refractivity contribution in [2.45, 2.75) is 57.3 Å². The highest BCUT2D eigenvalue weighted by atomic mass is 32.1. The molecule has 0 unspecified atom stereocenters. The van der Waals surface area contributed by atoms with E-state index in [4.69, 9.17) is 4.98 Å². The van der Waals surface area contributed by atoms with Gasteiger partial charge in [-0.15, -0.1) is 11.3 Å². The average molecular weight is 490 g/mol. The number of aliphatic hydroxyl groups excluding tert-OH is 1. The van der Waals surface area contributed by atoms with E-state index in [0.29, 0.717) is 18.7 Å². The van der Waals surface area contributed by atoms with Gasteiger partial charge < -0.3 is 19.7 Å². The number of benzene rings is 1. The van der Waals surface area contributed by atoms with Crippen molar-refractivity contribution in [2.75, 3.05) is 0 Å². The van der Waals surface area contributed by atoms with E-state index in [-0.39, 0.29) is 24.5 Å². The molecule has 1 amide bonds. The van der Waals surface area contributed by atoms with Crippen LogP contribution in [0.2, 0.25) is 0 Å². The van der Waals surface area contributed by atoms with Gasteiger partial charge in [0.15, 0.2) is 0 Å². The summed E-state index contributed by atoms with van der Waals surface area (Å²) in [6.07, 6.45) is 2.33. The van der Waals surface area contributed by atoms with Gasteiger partial charge in [0, 0.05) is 25.0 Å². The first-order valence-electron chi connectivity index (χ1n) is 11.8. The van der Waals surface area contributed by atoms with Crippen molar-refractivity contribution < 1.29 is 15.0 Å². The SMILES string of the molecule is C[C@@H](O)c1nc2cnc3ccsc3c2n1[C@H]1CC[C@H](CC#N)[C@H](N(Cc2ccccc2)C(=O)O)C1. The highest BCUT2D eigenvalue weighted by Crippen LogP contribution is 2.42. The van der Waals surface area contributed by atoms with Gasteiger partial charge in [-0.2, -0.15) is 5.26 Å². The third-order valence-corrected chi connectivity index (χ3v) is 7.92. The highest BCUT2D eigenvalue weighted by Gasteiger charge is 2.39. The number of aromatic nitrogens is 3. The van der Waals surface area contributed by atoms with Crippen molar-refractivity contribution in [3.8, 4) is 6.07 Å². The van der Waals surface area contributed by atoms with Crippen LogP contribution in [0.25, 0.3) is 21.3 Å². The molecule has 4 atom stereocenters. The van der Waals surface area contributed by atoms with Crippen molar-refractivity contribution in [1.82, 2.24) is 19.4 Å². The molecule has 2 N–H and O–H groups in total. The molecule has 1 fully saturated rings. The maximum atomic E-state index is 12.5. The van der Waals surface area contributed by atoms with Gasteiger partial charge in [0.1, 0.15) is 17.4 Å². The van der Waals surface area contributed by atoms with Gasteiger partial charge in [0.25, 0.3) is 0 Å². The van der Waals surface area contributed by atoms with Crippen molar-refractivity contribution in [1.29, 1.82) is 5.26 Å². The first-order valence-corrected chi connectivity index (χ1v) is 12.7. The number of thiophene rings is 1. The van der Waals surface area contributed by atoms with E-state index in [1.807, 2.05) is 41.8 Å². The number of aliphatic hydroxyl groups is 1. The Morgan fingerprint density at radius 1 is 1.29 bits per heavy atom. The first-order chi connectivity index (χ1) is 17.0. The minimum atomic E-state index is -0.987. The van der Waals surface area contributed by atoms with Crippen molar-refractivity contribution >= 4 is 38.7 Å². The summed E-state index contributed by atoms with van der Waals surface area (Å²) in [7, 11) is 0. The maximum absolute atomic E-state index is 12.5. The van der Waals surface area contributed by atoms with E-state index in [1.165, 1.54) is 4.90 Å². The lowest BCUT2D eigenvalue weighted by atomic mass is 9.79. The summed E-state index contributed by atoms with van der Waals surface area (Å²) >= 11 is 1.59. The largest absolute Gasteiger partial charge is 0.465 e. The van der Waals surface area contributed by atoms with Gasteiger partial charge in [-0.1, -0.05) is 30.3 Å². The Kier molecular flexibility index (Phi) is 6.41. The Morgan fingerprint density at radius 2 is 2.09 bits per heavy atom. The van der Waals surface area contributed by atoms with E-state index in [1.54, 1.807) is 24.5 Å². The predicted octanol–water partition coefficient (Wildman–Crippen LogP) is 5.50. The molecule has 35 heavy (non-hydrogen) atoms. The summed E-state index contributed by atoms with van der Waals surface area (Å²) in [4.78, 5) is 23.2. The van der Waals surface area contributed by atoms with E-state index >= 15 is 0 Å². The molecule has 0 spiro atoms. The number of rotatable bonds is 6. The number of carbonyl (C=O) groups is 1. The van der Waals surface area contributed by atoms with Crippen LogP contribution < -0.4 is 0 Å². The van der Waals surface area contributed by atoms with Crippen LogP contribution in [0.15, 0.2) is 48.0 Å². The zero-order chi connectivity index (χ0) is 24.5. The Labute approximate surface area is 207 Å². The molecule has 3 heterocycles. The Morgan fingerprint density at radius 3 is 2.80 bits per heavy atom. The molecule has 4 aromatic rings. The Balaban J connectivity index is 1.58. The molecular weight excluding hydrogens is 462 g/mol. The molecule has 0 radical (unpaired) electrons. The summed E-state index contributed by atoms with van der Waals surface area (Å²) in [5.74, 6) is 0.513. The molecule has 1 aliphatic rings. The van der Waals surface area contributed by atoms with Crippen LogP contribution in [0.5, 0.6) is 0 Å². The zero-order valence-corrected chi connectivity index (χ0v) is 20.2. The standard InChI is InChI=1S/C26H27N5O3S/c1-16(32)25-29-21-14-28-20-10-12-35-24(20)23(21)31(25)19-8-7-18(9-11-27)22(13-19)30(26(33)34)15-17-5-3-2-4-6-17/h2-6,10,12,14,16,18-19,22,32H,7-9,13,15H2,1H3,(H,33,34)/t16-,18-,19+,22-/m1/s1. The molecule has 1 saturated carbocycles. The molecule has 0 aliphatic heterocycles. The van der Waals surface area contributed by atoms with Crippen LogP contribution >= 0.6 is 11.3 Å². The van der Waals surface area contributed by atoms with Crippen LogP contribution in [0.3, 0.4) is 0 Å². The second kappa shape index (κ2) is 9.64. The van der Waals surface area contributed by atoms with Crippen LogP contribution in [0.4, 0.5) is 4.79 Å². The summed E-state index contributed by atoms with van der Waals surface area (Å²) in [5, 5.41) is 32.3. The molecule has 0 bridgehead atoms. The Hall–Kier alpha value is -3.48. The number of hydrogen-bond acceptors (Lipinski definition) is 6. The number of nitriles is 1. The van der Waals surface area contributed by atoms with E-state index in [9.17, 15) is 20.3 Å². The molecule has 3 aromatic heterocycles. The number of imidazole rings is 1. The topological polar surface area (TPSA) is 115 Å². The smallest absolute Gasteiger partial charge is 0.407 e. The Bertz CT molecular complexity index is 1390. The molecule has 1 aromatic carbocycles. The van der Waals surface area contributed by atoms with Crippen LogP contribution in [-0.2, 0) is 6.54 Å². The fourth-order valence-electron chi connectivity index (χ4n) is 5.43. The van der Waals surface area contributed by atoms with E-state index < -0.39 is 12.2 Å². The van der Waals surface area contributed by atoms with Crippen molar-refractivity contribution in [2.24, 2.45) is 5.92 Å². The molecule has 0 saturated heterocycles. The number of nitrogens with zero attached hydrogens (tertiary/aromatic N) is 5. The zero-order valence-electron chi connectivity index (χ0n) is 19.4. The second-order valence-corrected chi connectivity index (χ2v) is 10.1. The number of pyridine rings is 1. The molecule has 5 rings (SSSR count).